The highest BCUT2D eigenvalue weighted by Gasteiger charge is 2.38. The molecule has 10 heteroatoms. The molecule has 31 heavy (non-hydrogen) atoms. The van der Waals surface area contributed by atoms with Crippen LogP contribution in [0.1, 0.15) is 35.3 Å². The molecule has 4 nitrogen and oxygen atoms in total. The SMILES string of the molecule is C[C@H](OC1OCCN(Cc2ccccc2)C1=O)c1cc(C(F)(F)F)cc(C(F)(F)F)c1. The third-order valence-corrected chi connectivity index (χ3v) is 4.77. The molecule has 1 amide bonds. The second-order valence-corrected chi connectivity index (χ2v) is 7.07. The summed E-state index contributed by atoms with van der Waals surface area (Å²) < 4.78 is 89.2. The number of amides is 1. The number of halogens is 6. The number of benzene rings is 2. The van der Waals surface area contributed by atoms with E-state index in [1.807, 2.05) is 30.3 Å². The molecule has 0 bridgehead atoms. The molecule has 0 saturated carbocycles. The molecule has 2 aromatic rings. The van der Waals surface area contributed by atoms with Gasteiger partial charge in [0.05, 0.1) is 23.8 Å². The van der Waals surface area contributed by atoms with Gasteiger partial charge in [-0.3, -0.25) is 4.79 Å². The minimum absolute atomic E-state index is 0.0417. The maximum absolute atomic E-state index is 13.1. The molecule has 1 saturated heterocycles. The number of carbonyl (C=O) groups is 1. The number of alkyl halides is 6. The van der Waals surface area contributed by atoms with Crippen molar-refractivity contribution in [3.05, 3.63) is 70.8 Å². The van der Waals surface area contributed by atoms with Crippen LogP contribution in [-0.4, -0.2) is 30.2 Å². The average molecular weight is 447 g/mol. The molecule has 1 aliphatic rings. The average Bonchev–Trinajstić information content (AvgIpc) is 2.70. The number of hydrogen-bond acceptors (Lipinski definition) is 3. The summed E-state index contributed by atoms with van der Waals surface area (Å²) >= 11 is 0. The van der Waals surface area contributed by atoms with Gasteiger partial charge < -0.3 is 14.4 Å². The molecule has 1 unspecified atom stereocenters. The van der Waals surface area contributed by atoms with Gasteiger partial charge in [-0.25, -0.2) is 0 Å². The van der Waals surface area contributed by atoms with Gasteiger partial charge in [0, 0.05) is 13.1 Å². The van der Waals surface area contributed by atoms with E-state index in [-0.39, 0.29) is 31.3 Å². The molecule has 0 N–H and O–H groups in total. The second-order valence-electron chi connectivity index (χ2n) is 7.07. The first-order valence-electron chi connectivity index (χ1n) is 9.34. The van der Waals surface area contributed by atoms with E-state index in [1.165, 1.54) is 11.8 Å². The van der Waals surface area contributed by atoms with Crippen LogP contribution in [-0.2, 0) is 33.2 Å². The Morgan fingerprint density at radius 2 is 1.61 bits per heavy atom. The maximum atomic E-state index is 13.1. The van der Waals surface area contributed by atoms with E-state index in [2.05, 4.69) is 0 Å². The zero-order chi connectivity index (χ0) is 22.8. The minimum Gasteiger partial charge on any atom is -0.343 e. The van der Waals surface area contributed by atoms with E-state index < -0.39 is 41.8 Å². The molecule has 0 aromatic heterocycles. The molecular weight excluding hydrogens is 428 g/mol. The van der Waals surface area contributed by atoms with Crippen LogP contribution in [0.4, 0.5) is 26.3 Å². The van der Waals surface area contributed by atoms with Crippen molar-refractivity contribution in [2.45, 2.75) is 38.2 Å². The number of morpholine rings is 1. The van der Waals surface area contributed by atoms with Crippen LogP contribution in [0.3, 0.4) is 0 Å². The lowest BCUT2D eigenvalue weighted by Crippen LogP contribution is -2.48. The van der Waals surface area contributed by atoms with Crippen molar-refractivity contribution < 1.29 is 40.6 Å². The van der Waals surface area contributed by atoms with Crippen molar-refractivity contribution in [1.29, 1.82) is 0 Å². The molecule has 0 radical (unpaired) electrons. The summed E-state index contributed by atoms with van der Waals surface area (Å²) in [4.78, 5) is 14.1. The van der Waals surface area contributed by atoms with Crippen LogP contribution in [0.15, 0.2) is 48.5 Å². The van der Waals surface area contributed by atoms with E-state index in [0.29, 0.717) is 12.1 Å². The van der Waals surface area contributed by atoms with Crippen molar-refractivity contribution in [1.82, 2.24) is 4.90 Å². The Labute approximate surface area is 174 Å². The lowest BCUT2D eigenvalue weighted by molar-refractivity contribution is -0.209. The Balaban J connectivity index is 1.78. The van der Waals surface area contributed by atoms with Gasteiger partial charge in [-0.15, -0.1) is 0 Å². The third kappa shape index (κ3) is 5.76. The van der Waals surface area contributed by atoms with Crippen molar-refractivity contribution in [2.24, 2.45) is 0 Å². The zero-order valence-electron chi connectivity index (χ0n) is 16.3. The standard InChI is InChI=1S/C21H19F6NO3/c1-13(15-9-16(20(22,23)24)11-17(10-15)21(25,26)27)31-19-18(29)28(7-8-30-19)12-14-5-3-2-4-6-14/h2-6,9-11,13,19H,7-8,12H2,1H3/t13-,19?/m0/s1. The molecule has 0 aliphatic carbocycles. The molecule has 3 rings (SSSR count). The molecule has 2 atom stereocenters. The fraction of sp³-hybridized carbons (Fsp3) is 0.381. The highest BCUT2D eigenvalue weighted by Crippen LogP contribution is 2.38. The van der Waals surface area contributed by atoms with Gasteiger partial charge in [0.2, 0.25) is 6.29 Å². The summed E-state index contributed by atoms with van der Waals surface area (Å²) in [7, 11) is 0. The molecule has 0 spiro atoms. The predicted octanol–water partition coefficient (Wildman–Crippen LogP) is 5.19. The summed E-state index contributed by atoms with van der Waals surface area (Å²) in [6.45, 7) is 1.94. The molecule has 168 valence electrons. The highest BCUT2D eigenvalue weighted by atomic mass is 19.4. The zero-order valence-corrected chi connectivity index (χ0v) is 16.3. The summed E-state index contributed by atoms with van der Waals surface area (Å²) in [5.41, 5.74) is -2.40. The van der Waals surface area contributed by atoms with Crippen molar-refractivity contribution in [3.63, 3.8) is 0 Å². The van der Waals surface area contributed by atoms with E-state index in [4.69, 9.17) is 9.47 Å². The van der Waals surface area contributed by atoms with E-state index in [0.717, 1.165) is 5.56 Å². The van der Waals surface area contributed by atoms with E-state index in [9.17, 15) is 31.1 Å². The fourth-order valence-corrected chi connectivity index (χ4v) is 3.14. The molecule has 1 fully saturated rings. The number of hydrogen-bond donors (Lipinski definition) is 0. The Morgan fingerprint density at radius 3 is 2.16 bits per heavy atom. The Bertz CT molecular complexity index is 881. The lowest BCUT2D eigenvalue weighted by atomic mass is 10.0. The van der Waals surface area contributed by atoms with Crippen LogP contribution in [0.25, 0.3) is 0 Å². The second kappa shape index (κ2) is 8.88. The van der Waals surface area contributed by atoms with Crippen LogP contribution in [0.5, 0.6) is 0 Å². The topological polar surface area (TPSA) is 38.8 Å². The van der Waals surface area contributed by atoms with Gasteiger partial charge in [-0.2, -0.15) is 26.3 Å². The fourth-order valence-electron chi connectivity index (χ4n) is 3.14. The number of carbonyl (C=O) groups excluding carboxylic acids is 1. The quantitative estimate of drug-likeness (QED) is 0.593. The Morgan fingerprint density at radius 1 is 1.03 bits per heavy atom. The first-order chi connectivity index (χ1) is 14.4. The van der Waals surface area contributed by atoms with Gasteiger partial charge >= 0.3 is 12.4 Å². The summed E-state index contributed by atoms with van der Waals surface area (Å²) in [5.74, 6) is -0.551. The minimum atomic E-state index is -4.97. The van der Waals surface area contributed by atoms with Crippen LogP contribution >= 0.6 is 0 Å². The summed E-state index contributed by atoms with van der Waals surface area (Å²) in [6.07, 6.45) is -12.6. The molecule has 1 aliphatic heterocycles. The van der Waals surface area contributed by atoms with Gasteiger partial charge in [-0.05, 0) is 36.2 Å². The first-order valence-corrected chi connectivity index (χ1v) is 9.34. The van der Waals surface area contributed by atoms with Crippen LogP contribution in [0.2, 0.25) is 0 Å². The largest absolute Gasteiger partial charge is 0.416 e. The van der Waals surface area contributed by atoms with Gasteiger partial charge in [0.1, 0.15) is 0 Å². The highest BCUT2D eigenvalue weighted by molar-refractivity contribution is 5.80. The van der Waals surface area contributed by atoms with Crippen molar-refractivity contribution >= 4 is 5.91 Å². The normalized spacial score (nSPS) is 18.9. The molecular formula is C21H19F6NO3. The molecule has 1 heterocycles. The smallest absolute Gasteiger partial charge is 0.343 e. The Kier molecular flexibility index (Phi) is 6.61. The summed E-state index contributed by atoms with van der Waals surface area (Å²) in [6, 6.07) is 10.3. The predicted molar refractivity (Wildman–Crippen MR) is 97.5 cm³/mol. The van der Waals surface area contributed by atoms with Crippen molar-refractivity contribution in [2.75, 3.05) is 13.2 Å². The van der Waals surface area contributed by atoms with Crippen molar-refractivity contribution in [3.8, 4) is 0 Å². The maximum Gasteiger partial charge on any atom is 0.416 e. The van der Waals surface area contributed by atoms with Gasteiger partial charge in [0.15, 0.2) is 0 Å². The van der Waals surface area contributed by atoms with Crippen LogP contribution in [0, 0.1) is 0 Å². The van der Waals surface area contributed by atoms with Gasteiger partial charge in [0.25, 0.3) is 5.91 Å². The third-order valence-electron chi connectivity index (χ3n) is 4.77. The van der Waals surface area contributed by atoms with E-state index >= 15 is 0 Å². The molecule has 2 aromatic carbocycles. The van der Waals surface area contributed by atoms with E-state index in [1.54, 1.807) is 0 Å². The Hall–Kier alpha value is -2.59. The monoisotopic (exact) mass is 447 g/mol. The van der Waals surface area contributed by atoms with Crippen LogP contribution < -0.4 is 0 Å². The summed E-state index contributed by atoms with van der Waals surface area (Å²) in [5, 5.41) is 0. The number of nitrogens with zero attached hydrogens (tertiary/aromatic N) is 1. The number of rotatable bonds is 5. The first kappa shape index (κ1) is 23.1. The van der Waals surface area contributed by atoms with Gasteiger partial charge in [-0.1, -0.05) is 30.3 Å². The number of ether oxygens (including phenoxy) is 2. The lowest BCUT2D eigenvalue weighted by Gasteiger charge is -2.33.